The Bertz CT molecular complexity index is 461. The van der Waals surface area contributed by atoms with Crippen LogP contribution >= 0.6 is 11.8 Å². The fourth-order valence-corrected chi connectivity index (χ4v) is 3.36. The van der Waals surface area contributed by atoms with E-state index in [0.29, 0.717) is 29.4 Å². The van der Waals surface area contributed by atoms with Crippen LogP contribution < -0.4 is 5.32 Å². The van der Waals surface area contributed by atoms with Gasteiger partial charge >= 0.3 is 5.97 Å². The van der Waals surface area contributed by atoms with Gasteiger partial charge in [0.25, 0.3) is 5.22 Å². The van der Waals surface area contributed by atoms with Crippen molar-refractivity contribution in [3.8, 4) is 0 Å². The van der Waals surface area contributed by atoms with Gasteiger partial charge < -0.3 is 14.5 Å². The van der Waals surface area contributed by atoms with Crippen LogP contribution in [0.15, 0.2) is 9.64 Å². The number of aromatic nitrogens is 2. The molecule has 112 valence electrons. The fourth-order valence-electron chi connectivity index (χ4n) is 2.27. The van der Waals surface area contributed by atoms with Crippen LogP contribution in [0, 0.1) is 12.8 Å². The molecule has 1 aromatic rings. The Balaban J connectivity index is 2.10. The lowest BCUT2D eigenvalue weighted by Gasteiger charge is -2.31. The van der Waals surface area contributed by atoms with Crippen molar-refractivity contribution in [2.45, 2.75) is 44.4 Å². The predicted octanol–water partition coefficient (Wildman–Crippen LogP) is 1.79. The van der Waals surface area contributed by atoms with Gasteiger partial charge in [0, 0.05) is 12.7 Å². The van der Waals surface area contributed by atoms with E-state index in [9.17, 15) is 4.79 Å². The van der Waals surface area contributed by atoms with E-state index < -0.39 is 5.54 Å². The van der Waals surface area contributed by atoms with E-state index in [1.165, 1.54) is 11.8 Å². The molecule has 7 heteroatoms. The summed E-state index contributed by atoms with van der Waals surface area (Å²) >= 11 is 1.41. The van der Waals surface area contributed by atoms with E-state index in [2.05, 4.69) is 15.5 Å². The third kappa shape index (κ3) is 3.32. The highest BCUT2D eigenvalue weighted by Gasteiger charge is 2.51. The van der Waals surface area contributed by atoms with Gasteiger partial charge in [-0.15, -0.1) is 10.2 Å². The molecule has 1 heterocycles. The van der Waals surface area contributed by atoms with E-state index in [1.807, 2.05) is 13.8 Å². The molecule has 6 nitrogen and oxygen atoms in total. The van der Waals surface area contributed by atoms with Gasteiger partial charge in [-0.1, -0.05) is 18.7 Å². The molecule has 0 saturated heterocycles. The van der Waals surface area contributed by atoms with Crippen LogP contribution in [0.5, 0.6) is 0 Å². The Hall–Kier alpha value is -1.08. The topological polar surface area (TPSA) is 77.3 Å². The summed E-state index contributed by atoms with van der Waals surface area (Å²) in [6.45, 7) is 6.69. The van der Waals surface area contributed by atoms with Gasteiger partial charge in [-0.2, -0.15) is 0 Å². The second-order valence-electron chi connectivity index (χ2n) is 4.87. The molecule has 0 amide bonds. The SMILES string of the molecule is CCNC(CSc1nnc(C)o1)(C(=O)OCC)C1CC1. The summed E-state index contributed by atoms with van der Waals surface area (Å²) < 4.78 is 10.6. The summed E-state index contributed by atoms with van der Waals surface area (Å²) in [7, 11) is 0. The smallest absolute Gasteiger partial charge is 0.327 e. The number of rotatable bonds is 8. The maximum absolute atomic E-state index is 12.4. The summed E-state index contributed by atoms with van der Waals surface area (Å²) in [5, 5.41) is 11.6. The number of ether oxygens (including phenoxy) is 1. The highest BCUT2D eigenvalue weighted by Crippen LogP contribution is 2.43. The highest BCUT2D eigenvalue weighted by molar-refractivity contribution is 7.99. The number of hydrogen-bond donors (Lipinski definition) is 1. The summed E-state index contributed by atoms with van der Waals surface area (Å²) in [4.78, 5) is 12.4. The Labute approximate surface area is 123 Å². The van der Waals surface area contributed by atoms with Crippen LogP contribution in [0.1, 0.15) is 32.6 Å². The second kappa shape index (κ2) is 6.58. The van der Waals surface area contributed by atoms with Gasteiger partial charge in [0.1, 0.15) is 5.54 Å². The second-order valence-corrected chi connectivity index (χ2v) is 5.80. The van der Waals surface area contributed by atoms with Crippen molar-refractivity contribution < 1.29 is 13.9 Å². The monoisotopic (exact) mass is 299 g/mol. The van der Waals surface area contributed by atoms with E-state index in [-0.39, 0.29) is 5.97 Å². The Morgan fingerprint density at radius 2 is 2.25 bits per heavy atom. The minimum Gasteiger partial charge on any atom is -0.465 e. The van der Waals surface area contributed by atoms with Crippen LogP contribution in [-0.2, 0) is 9.53 Å². The van der Waals surface area contributed by atoms with Gasteiger partial charge in [0.15, 0.2) is 0 Å². The number of nitrogens with zero attached hydrogens (tertiary/aromatic N) is 2. The minimum atomic E-state index is -0.641. The van der Waals surface area contributed by atoms with Crippen LogP contribution in [0.4, 0.5) is 0 Å². The maximum atomic E-state index is 12.4. The van der Waals surface area contributed by atoms with Crippen molar-refractivity contribution in [2.75, 3.05) is 18.9 Å². The van der Waals surface area contributed by atoms with Gasteiger partial charge in [-0.05, 0) is 32.2 Å². The zero-order valence-electron chi connectivity index (χ0n) is 12.1. The number of thioether (sulfide) groups is 1. The molecule has 1 fully saturated rings. The number of carbonyl (C=O) groups excluding carboxylic acids is 1. The first-order chi connectivity index (χ1) is 9.62. The molecule has 1 unspecified atom stereocenters. The van der Waals surface area contributed by atoms with Crippen molar-refractivity contribution in [2.24, 2.45) is 5.92 Å². The summed E-state index contributed by atoms with van der Waals surface area (Å²) in [5.41, 5.74) is -0.641. The van der Waals surface area contributed by atoms with Crippen molar-refractivity contribution in [1.29, 1.82) is 0 Å². The van der Waals surface area contributed by atoms with Crippen molar-refractivity contribution >= 4 is 17.7 Å². The molecule has 0 aromatic carbocycles. The zero-order chi connectivity index (χ0) is 14.6. The summed E-state index contributed by atoms with van der Waals surface area (Å²) in [6.07, 6.45) is 2.10. The molecule has 0 spiro atoms. The molecular formula is C13H21N3O3S. The molecule has 2 rings (SSSR count). The van der Waals surface area contributed by atoms with Crippen molar-refractivity contribution in [3.05, 3.63) is 5.89 Å². The molecule has 1 aromatic heterocycles. The van der Waals surface area contributed by atoms with E-state index in [1.54, 1.807) is 6.92 Å². The molecule has 1 N–H and O–H groups in total. The van der Waals surface area contributed by atoms with Gasteiger partial charge in [-0.25, -0.2) is 0 Å². The molecule has 1 aliphatic rings. The molecule has 1 saturated carbocycles. The third-order valence-corrected chi connectivity index (χ3v) is 4.35. The molecule has 20 heavy (non-hydrogen) atoms. The molecule has 0 aliphatic heterocycles. The highest BCUT2D eigenvalue weighted by atomic mass is 32.2. The molecule has 0 bridgehead atoms. The Morgan fingerprint density at radius 1 is 1.50 bits per heavy atom. The predicted molar refractivity (Wildman–Crippen MR) is 75.5 cm³/mol. The average molecular weight is 299 g/mol. The van der Waals surface area contributed by atoms with Gasteiger partial charge in [0.05, 0.1) is 6.61 Å². The molecule has 1 aliphatic carbocycles. The van der Waals surface area contributed by atoms with Gasteiger partial charge in [0.2, 0.25) is 5.89 Å². The lowest BCUT2D eigenvalue weighted by atomic mass is 9.95. The number of hydrogen-bond acceptors (Lipinski definition) is 7. The third-order valence-electron chi connectivity index (χ3n) is 3.34. The van der Waals surface area contributed by atoms with Crippen molar-refractivity contribution in [3.63, 3.8) is 0 Å². The molecule has 0 radical (unpaired) electrons. The lowest BCUT2D eigenvalue weighted by molar-refractivity contribution is -0.151. The van der Waals surface area contributed by atoms with Crippen LogP contribution in [0.2, 0.25) is 0 Å². The minimum absolute atomic E-state index is 0.173. The van der Waals surface area contributed by atoms with Crippen molar-refractivity contribution in [1.82, 2.24) is 15.5 Å². The standard InChI is InChI=1S/C13H21N3O3S/c1-4-14-13(10-6-7-10,11(17)18-5-2)8-20-12-16-15-9(3)19-12/h10,14H,4-8H2,1-3H3. The zero-order valence-corrected chi connectivity index (χ0v) is 13.0. The normalized spacial score (nSPS) is 17.8. The van der Waals surface area contributed by atoms with E-state index in [4.69, 9.17) is 9.15 Å². The first-order valence-electron chi connectivity index (χ1n) is 6.97. The Kier molecular flexibility index (Phi) is 5.04. The molecule has 1 atom stereocenters. The van der Waals surface area contributed by atoms with Crippen LogP contribution in [-0.4, -0.2) is 40.6 Å². The van der Waals surface area contributed by atoms with E-state index >= 15 is 0 Å². The summed E-state index contributed by atoms with van der Waals surface area (Å²) in [5.74, 6) is 1.24. The first kappa shape index (κ1) is 15.3. The number of aryl methyl sites for hydroxylation is 1. The fraction of sp³-hybridized carbons (Fsp3) is 0.769. The average Bonchev–Trinajstić information content (AvgIpc) is 3.18. The quantitative estimate of drug-likeness (QED) is 0.579. The molecular weight excluding hydrogens is 278 g/mol. The largest absolute Gasteiger partial charge is 0.465 e. The lowest BCUT2D eigenvalue weighted by Crippen LogP contribution is -2.57. The Morgan fingerprint density at radius 3 is 2.75 bits per heavy atom. The number of likely N-dealkylation sites (N-methyl/N-ethyl adjacent to an activating group) is 1. The van der Waals surface area contributed by atoms with Crippen LogP contribution in [0.25, 0.3) is 0 Å². The van der Waals surface area contributed by atoms with E-state index in [0.717, 1.165) is 19.4 Å². The first-order valence-corrected chi connectivity index (χ1v) is 7.96. The maximum Gasteiger partial charge on any atom is 0.327 e. The van der Waals surface area contributed by atoms with Gasteiger partial charge in [-0.3, -0.25) is 4.79 Å². The summed E-state index contributed by atoms with van der Waals surface area (Å²) in [6, 6.07) is 0. The number of carbonyl (C=O) groups is 1. The number of nitrogens with one attached hydrogen (secondary N) is 1. The van der Waals surface area contributed by atoms with Crippen LogP contribution in [0.3, 0.4) is 0 Å². The number of esters is 1.